The molecule has 0 aromatic rings. The fraction of sp³-hybridized carbons (Fsp3) is 0.778. The minimum Gasteiger partial charge on any atom is -0.479 e. The first-order chi connectivity index (χ1) is 17.0. The second-order valence-corrected chi connectivity index (χ2v) is 7.11. The van der Waals surface area contributed by atoms with Gasteiger partial charge in [0, 0.05) is 0 Å². The number of hydrogen-bond acceptors (Lipinski definition) is 18. The highest BCUT2D eigenvalue weighted by atomic mass is 16.4. The first-order valence-electron chi connectivity index (χ1n) is 9.97. The van der Waals surface area contributed by atoms with Crippen molar-refractivity contribution in [2.45, 2.75) is 73.2 Å². The summed E-state index contributed by atoms with van der Waals surface area (Å²) in [5.74, 6) is -1.76. The molecule has 15 N–H and O–H groups in total. The Balaban J connectivity index is -0.000000469. The molecule has 0 aliphatic carbocycles. The fourth-order valence-electron chi connectivity index (χ4n) is 1.85. The van der Waals surface area contributed by atoms with Crippen LogP contribution in [0.4, 0.5) is 0 Å². The maximum atomic E-state index is 10.1. The summed E-state index contributed by atoms with van der Waals surface area (Å²) in [7, 11) is 0. The van der Waals surface area contributed by atoms with E-state index in [2.05, 4.69) is 0 Å². The van der Waals surface area contributed by atoms with E-state index in [0.717, 1.165) is 0 Å². The predicted octanol–water partition coefficient (Wildman–Crippen LogP) is -10.0. The Hall–Kier alpha value is -2.08. The fourth-order valence-corrected chi connectivity index (χ4v) is 1.85. The maximum Gasteiger partial charge on any atom is 0.335 e. The summed E-state index contributed by atoms with van der Waals surface area (Å²) in [6.45, 7) is -1.52. The minimum absolute atomic E-state index is 0.0258. The van der Waals surface area contributed by atoms with Crippen molar-refractivity contribution in [2.75, 3.05) is 13.2 Å². The van der Waals surface area contributed by atoms with Gasteiger partial charge in [-0.1, -0.05) is 0 Å². The summed E-state index contributed by atoms with van der Waals surface area (Å²) < 4.78 is 0. The minimum atomic E-state index is -2.25. The largest absolute Gasteiger partial charge is 0.479 e. The summed E-state index contributed by atoms with van der Waals surface area (Å²) in [5, 5.41) is 130. The molecule has 37 heavy (non-hydrogen) atoms. The van der Waals surface area contributed by atoms with Crippen LogP contribution >= 0.6 is 0 Å². The van der Waals surface area contributed by atoms with Crippen molar-refractivity contribution in [2.24, 2.45) is 0 Å². The second-order valence-electron chi connectivity index (χ2n) is 7.11. The molecule has 0 aliphatic heterocycles. The lowest BCUT2D eigenvalue weighted by molar-refractivity contribution is -0.163. The van der Waals surface area contributed by atoms with Crippen LogP contribution in [0.5, 0.6) is 0 Å². The molecule has 19 nitrogen and oxygen atoms in total. The van der Waals surface area contributed by atoms with Gasteiger partial charge in [-0.05, 0) is 0 Å². The van der Waals surface area contributed by atoms with Gasteiger partial charge in [0.05, 0.1) is 13.2 Å². The molecule has 0 heterocycles. The average Bonchev–Trinajstić information content (AvgIpc) is 2.92. The summed E-state index contributed by atoms with van der Waals surface area (Å²) in [4.78, 5) is 39.8. The van der Waals surface area contributed by atoms with Crippen molar-refractivity contribution in [3.8, 4) is 0 Å². The Morgan fingerprint density at radius 1 is 0.486 bits per heavy atom. The third kappa shape index (κ3) is 15.1. The highest BCUT2D eigenvalue weighted by Gasteiger charge is 2.34. The summed E-state index contributed by atoms with van der Waals surface area (Å²) >= 11 is 0. The number of carbonyl (C=O) groups is 4. The van der Waals surface area contributed by atoms with Gasteiger partial charge in [-0.25, -0.2) is 4.79 Å². The van der Waals surface area contributed by atoms with Gasteiger partial charge in [0.1, 0.15) is 67.1 Å². The number of aliphatic hydroxyl groups is 14. The van der Waals surface area contributed by atoms with Crippen molar-refractivity contribution in [3.63, 3.8) is 0 Å². The average molecular weight is 554 g/mol. The molecule has 12 atom stereocenters. The molecule has 220 valence electrons. The number of carboxylic acid groups (broad SMARTS) is 1. The van der Waals surface area contributed by atoms with Gasteiger partial charge >= 0.3 is 5.97 Å². The number of rotatable bonds is 15. The van der Waals surface area contributed by atoms with E-state index in [1.807, 2.05) is 0 Å². The van der Waals surface area contributed by atoms with E-state index in [1.165, 1.54) is 0 Å². The number of hydrogen-bond donors (Lipinski definition) is 15. The Labute approximate surface area is 208 Å². The topological polar surface area (TPSA) is 372 Å². The van der Waals surface area contributed by atoms with Crippen LogP contribution in [0.1, 0.15) is 0 Å². The molecule has 0 saturated carbocycles. The van der Waals surface area contributed by atoms with E-state index in [9.17, 15) is 19.2 Å². The zero-order valence-corrected chi connectivity index (χ0v) is 18.9. The number of carbonyl (C=O) groups excluding carboxylic acids is 3. The van der Waals surface area contributed by atoms with Gasteiger partial charge in [0.2, 0.25) is 0 Å². The molecule has 0 fully saturated rings. The van der Waals surface area contributed by atoms with E-state index < -0.39 is 92.4 Å². The third-order valence-electron chi connectivity index (χ3n) is 4.26. The quantitative estimate of drug-likeness (QED) is 0.0835. The van der Waals surface area contributed by atoms with Crippen LogP contribution in [0.15, 0.2) is 0 Å². The van der Waals surface area contributed by atoms with E-state index >= 15 is 0 Å². The molecule has 0 amide bonds. The van der Waals surface area contributed by atoms with Gasteiger partial charge < -0.3 is 91.0 Å². The Bertz CT molecular complexity index is 602. The molecule has 0 radical (unpaired) electrons. The number of carboxylic acids is 1. The number of aldehydes is 3. The molecule has 0 spiro atoms. The lowest BCUT2D eigenvalue weighted by Gasteiger charge is -2.22. The van der Waals surface area contributed by atoms with Gasteiger partial charge in [-0.3, -0.25) is 0 Å². The van der Waals surface area contributed by atoms with Gasteiger partial charge in [0.25, 0.3) is 0 Å². The van der Waals surface area contributed by atoms with Crippen LogP contribution in [0, 0.1) is 0 Å². The normalized spacial score (nSPS) is 20.7. The van der Waals surface area contributed by atoms with Crippen LogP contribution in [-0.4, -0.2) is 188 Å². The van der Waals surface area contributed by atoms with Gasteiger partial charge in [-0.15, -0.1) is 0 Å². The van der Waals surface area contributed by atoms with Crippen LogP contribution in [-0.2, 0) is 19.2 Å². The highest BCUT2D eigenvalue weighted by Crippen LogP contribution is 2.05. The van der Waals surface area contributed by atoms with E-state index in [4.69, 9.17) is 76.6 Å². The standard InChI is InChI=1S/C6H10O7.2C6H12O6/c7-1-2(8)3(9)4(10)5(11)6(12)13;2*7-1-3(9)5(11)6(12)4(10)2-8/h1-5,8-11H,(H,12,13);2*1,3-6,8-12H,2H2/t2-,3+,4-,5-;3-,4+,5+,6+;3-,4+,5+,6-/m000/s1. The van der Waals surface area contributed by atoms with Gasteiger partial charge in [-0.2, -0.15) is 0 Å². The highest BCUT2D eigenvalue weighted by molar-refractivity contribution is 5.73. The molecule has 0 bridgehead atoms. The molecule has 0 aromatic heterocycles. The lowest BCUT2D eigenvalue weighted by atomic mass is 10.0. The molecule has 0 aliphatic rings. The molecular formula is C18H34O19. The molecule has 0 unspecified atom stereocenters. The summed E-state index contributed by atoms with van der Waals surface area (Å²) in [6, 6.07) is 0. The van der Waals surface area contributed by atoms with Crippen LogP contribution in [0.3, 0.4) is 0 Å². The first kappa shape index (κ1) is 39.4. The van der Waals surface area contributed by atoms with Gasteiger partial charge in [0.15, 0.2) is 25.0 Å². The van der Waals surface area contributed by atoms with Crippen molar-refractivity contribution < 1.29 is 95.8 Å². The lowest BCUT2D eigenvalue weighted by Crippen LogP contribution is -2.48. The monoisotopic (exact) mass is 554 g/mol. The van der Waals surface area contributed by atoms with Crippen molar-refractivity contribution in [3.05, 3.63) is 0 Å². The Morgan fingerprint density at radius 3 is 0.919 bits per heavy atom. The predicted molar refractivity (Wildman–Crippen MR) is 112 cm³/mol. The van der Waals surface area contributed by atoms with Crippen molar-refractivity contribution >= 4 is 24.8 Å². The summed E-state index contributed by atoms with van der Waals surface area (Å²) in [6.07, 6.45) is -22.1. The SMILES string of the molecule is O=C[C@H](O)[C@@H](O)[C@@H](O)[C@H](O)CO.O=C[C@H](O)[C@@H](O)[C@H](O)[C@H](O)C(=O)O.O=C[C@H](O)[C@@H](O)[C@H](O)[C@H](O)CO. The molecule has 19 heteroatoms. The smallest absolute Gasteiger partial charge is 0.335 e. The Kier molecular flexibility index (Phi) is 22.3. The second kappa shape index (κ2) is 20.9. The van der Waals surface area contributed by atoms with E-state index in [-0.39, 0.29) is 18.9 Å². The van der Waals surface area contributed by atoms with Crippen molar-refractivity contribution in [1.82, 2.24) is 0 Å². The Morgan fingerprint density at radius 2 is 0.730 bits per heavy atom. The molecule has 0 aromatic carbocycles. The third-order valence-corrected chi connectivity index (χ3v) is 4.26. The van der Waals surface area contributed by atoms with Crippen LogP contribution in [0.2, 0.25) is 0 Å². The van der Waals surface area contributed by atoms with E-state index in [1.54, 1.807) is 0 Å². The van der Waals surface area contributed by atoms with Crippen LogP contribution < -0.4 is 0 Å². The maximum absolute atomic E-state index is 10.1. The number of aliphatic carboxylic acids is 1. The number of aliphatic hydroxyl groups excluding tert-OH is 14. The zero-order valence-electron chi connectivity index (χ0n) is 18.9. The first-order valence-corrected chi connectivity index (χ1v) is 9.97. The van der Waals surface area contributed by atoms with Crippen LogP contribution in [0.25, 0.3) is 0 Å². The zero-order chi connectivity index (χ0) is 30.0. The van der Waals surface area contributed by atoms with Crippen molar-refractivity contribution in [1.29, 1.82) is 0 Å². The summed E-state index contributed by atoms with van der Waals surface area (Å²) in [5.41, 5.74) is 0. The molecule has 0 rings (SSSR count). The van der Waals surface area contributed by atoms with E-state index in [0.29, 0.717) is 0 Å². The molecular weight excluding hydrogens is 520 g/mol. The molecule has 0 saturated heterocycles.